The third-order valence-corrected chi connectivity index (χ3v) is 4.70. The molecule has 9 nitrogen and oxygen atoms in total. The van der Waals surface area contributed by atoms with Crippen LogP contribution in [0.15, 0.2) is 17.6 Å². The molecule has 0 radical (unpaired) electrons. The van der Waals surface area contributed by atoms with Crippen LogP contribution < -0.4 is 4.74 Å². The zero-order chi connectivity index (χ0) is 16.9. The minimum atomic E-state index is -0.120. The van der Waals surface area contributed by atoms with Crippen LogP contribution in [-0.2, 0) is 11.8 Å². The van der Waals surface area contributed by atoms with Crippen LogP contribution >= 0.6 is 23.4 Å². The summed E-state index contributed by atoms with van der Waals surface area (Å²) in [5.41, 5.74) is 0. The summed E-state index contributed by atoms with van der Waals surface area (Å²) in [7, 11) is 1.74. The van der Waals surface area contributed by atoms with Crippen molar-refractivity contribution in [2.24, 2.45) is 7.05 Å². The van der Waals surface area contributed by atoms with E-state index in [0.29, 0.717) is 22.5 Å². The lowest BCUT2D eigenvalue weighted by Gasteiger charge is -2.32. The maximum atomic E-state index is 12.4. The Labute approximate surface area is 147 Å². The molecule has 0 bridgehead atoms. The summed E-state index contributed by atoms with van der Waals surface area (Å²) < 4.78 is 7.28. The molecule has 24 heavy (non-hydrogen) atoms. The first-order chi connectivity index (χ1) is 11.6. The van der Waals surface area contributed by atoms with Crippen molar-refractivity contribution in [1.82, 2.24) is 35.1 Å². The zero-order valence-corrected chi connectivity index (χ0v) is 14.6. The van der Waals surface area contributed by atoms with Crippen molar-refractivity contribution in [3.63, 3.8) is 0 Å². The second-order valence-electron chi connectivity index (χ2n) is 5.28. The molecule has 1 atom stereocenters. The van der Waals surface area contributed by atoms with Gasteiger partial charge in [0.25, 0.3) is 0 Å². The number of amides is 1. The SMILES string of the molecule is Cn1nnnc1SCC(=O)N1CCC[C@@H](Oc2ncc(Cl)cn2)C1. The van der Waals surface area contributed by atoms with Gasteiger partial charge in [-0.25, -0.2) is 14.6 Å². The Balaban J connectivity index is 1.51. The van der Waals surface area contributed by atoms with E-state index in [1.165, 1.54) is 28.8 Å². The van der Waals surface area contributed by atoms with Crippen LogP contribution in [0.3, 0.4) is 0 Å². The fourth-order valence-electron chi connectivity index (χ4n) is 2.33. The van der Waals surface area contributed by atoms with Gasteiger partial charge in [0, 0.05) is 13.6 Å². The number of piperidine rings is 1. The van der Waals surface area contributed by atoms with Gasteiger partial charge in [0.05, 0.1) is 29.7 Å². The normalized spacial score (nSPS) is 17.8. The van der Waals surface area contributed by atoms with Crippen molar-refractivity contribution in [2.75, 3.05) is 18.8 Å². The van der Waals surface area contributed by atoms with Crippen molar-refractivity contribution in [3.8, 4) is 6.01 Å². The van der Waals surface area contributed by atoms with Crippen LogP contribution in [0.2, 0.25) is 5.02 Å². The molecule has 3 rings (SSSR count). The minimum Gasteiger partial charge on any atom is -0.458 e. The van der Waals surface area contributed by atoms with Crippen molar-refractivity contribution in [2.45, 2.75) is 24.1 Å². The molecule has 11 heteroatoms. The number of aryl methyl sites for hydroxylation is 1. The molecular formula is C13H16ClN7O2S. The van der Waals surface area contributed by atoms with Gasteiger partial charge in [0.15, 0.2) is 0 Å². The van der Waals surface area contributed by atoms with E-state index >= 15 is 0 Å². The second kappa shape index (κ2) is 7.75. The van der Waals surface area contributed by atoms with Gasteiger partial charge >= 0.3 is 6.01 Å². The molecule has 2 aromatic heterocycles. The van der Waals surface area contributed by atoms with Crippen LogP contribution in [-0.4, -0.2) is 65.9 Å². The molecule has 2 aromatic rings. The molecule has 3 heterocycles. The number of tetrazole rings is 1. The Morgan fingerprint density at radius 1 is 1.46 bits per heavy atom. The fourth-order valence-corrected chi connectivity index (χ4v) is 3.18. The molecule has 0 saturated carbocycles. The van der Waals surface area contributed by atoms with Gasteiger partial charge in [0.2, 0.25) is 11.1 Å². The summed E-state index contributed by atoms with van der Waals surface area (Å²) in [6.45, 7) is 1.24. The molecule has 0 unspecified atom stereocenters. The largest absolute Gasteiger partial charge is 0.458 e. The van der Waals surface area contributed by atoms with Crippen LogP contribution in [0.5, 0.6) is 6.01 Å². The van der Waals surface area contributed by atoms with Crippen molar-refractivity contribution in [1.29, 1.82) is 0 Å². The lowest BCUT2D eigenvalue weighted by molar-refractivity contribution is -0.131. The summed E-state index contributed by atoms with van der Waals surface area (Å²) in [5.74, 6) is 0.326. The molecule has 1 amide bonds. The number of rotatable bonds is 5. The maximum Gasteiger partial charge on any atom is 0.316 e. The number of aromatic nitrogens is 6. The van der Waals surface area contributed by atoms with Gasteiger partial charge in [-0.1, -0.05) is 23.4 Å². The monoisotopic (exact) mass is 369 g/mol. The molecule has 1 aliphatic rings. The molecule has 0 aliphatic carbocycles. The smallest absolute Gasteiger partial charge is 0.316 e. The van der Waals surface area contributed by atoms with Crippen LogP contribution in [0.4, 0.5) is 0 Å². The molecular weight excluding hydrogens is 354 g/mol. The maximum absolute atomic E-state index is 12.4. The van der Waals surface area contributed by atoms with Crippen molar-refractivity contribution < 1.29 is 9.53 Å². The van der Waals surface area contributed by atoms with Gasteiger partial charge in [-0.05, 0) is 23.3 Å². The number of hydrogen-bond acceptors (Lipinski definition) is 8. The number of carbonyl (C=O) groups excluding carboxylic acids is 1. The van der Waals surface area contributed by atoms with E-state index in [-0.39, 0.29) is 18.0 Å². The van der Waals surface area contributed by atoms with Gasteiger partial charge < -0.3 is 9.64 Å². The Kier molecular flexibility index (Phi) is 5.46. The van der Waals surface area contributed by atoms with E-state index in [1.807, 2.05) is 0 Å². The first-order valence-corrected chi connectivity index (χ1v) is 8.75. The highest BCUT2D eigenvalue weighted by Gasteiger charge is 2.25. The molecule has 1 saturated heterocycles. The van der Waals surface area contributed by atoms with Crippen molar-refractivity contribution in [3.05, 3.63) is 17.4 Å². The molecule has 1 fully saturated rings. The molecule has 0 N–H and O–H groups in total. The first-order valence-electron chi connectivity index (χ1n) is 7.39. The summed E-state index contributed by atoms with van der Waals surface area (Å²) in [4.78, 5) is 22.2. The summed E-state index contributed by atoms with van der Waals surface area (Å²) in [5, 5.41) is 12.2. The molecule has 1 aliphatic heterocycles. The lowest BCUT2D eigenvalue weighted by atomic mass is 10.1. The number of thioether (sulfide) groups is 1. The van der Waals surface area contributed by atoms with Gasteiger partial charge in [-0.3, -0.25) is 4.79 Å². The zero-order valence-electron chi connectivity index (χ0n) is 13.0. The van der Waals surface area contributed by atoms with Gasteiger partial charge in [-0.2, -0.15) is 0 Å². The third kappa shape index (κ3) is 4.32. The first kappa shape index (κ1) is 16.9. The summed E-state index contributed by atoms with van der Waals surface area (Å²) >= 11 is 7.07. The summed E-state index contributed by atoms with van der Waals surface area (Å²) in [6, 6.07) is 0.276. The average Bonchev–Trinajstić information content (AvgIpc) is 3.00. The van der Waals surface area contributed by atoms with Crippen molar-refractivity contribution >= 4 is 29.3 Å². The Morgan fingerprint density at radius 2 is 2.25 bits per heavy atom. The van der Waals surface area contributed by atoms with Crippen LogP contribution in [0.25, 0.3) is 0 Å². The predicted octanol–water partition coefficient (Wildman–Crippen LogP) is 0.816. The Morgan fingerprint density at radius 3 is 2.96 bits per heavy atom. The van der Waals surface area contributed by atoms with Gasteiger partial charge in [0.1, 0.15) is 6.10 Å². The van der Waals surface area contributed by atoms with Crippen LogP contribution in [0.1, 0.15) is 12.8 Å². The van der Waals surface area contributed by atoms with E-state index in [4.69, 9.17) is 16.3 Å². The topological polar surface area (TPSA) is 98.9 Å². The fraction of sp³-hybridized carbons (Fsp3) is 0.538. The Hall–Kier alpha value is -1.94. The van der Waals surface area contributed by atoms with E-state index in [2.05, 4.69) is 25.5 Å². The lowest BCUT2D eigenvalue weighted by Crippen LogP contribution is -2.45. The quantitative estimate of drug-likeness (QED) is 0.714. The highest BCUT2D eigenvalue weighted by molar-refractivity contribution is 7.99. The van der Waals surface area contributed by atoms with Gasteiger partial charge in [-0.15, -0.1) is 5.10 Å². The Bertz CT molecular complexity index is 696. The van der Waals surface area contributed by atoms with E-state index in [0.717, 1.165) is 19.4 Å². The predicted molar refractivity (Wildman–Crippen MR) is 86.8 cm³/mol. The molecule has 0 spiro atoms. The summed E-state index contributed by atoms with van der Waals surface area (Å²) in [6.07, 6.45) is 4.59. The van der Waals surface area contributed by atoms with E-state index in [1.54, 1.807) is 11.9 Å². The average molecular weight is 370 g/mol. The van der Waals surface area contributed by atoms with E-state index < -0.39 is 0 Å². The third-order valence-electron chi connectivity index (χ3n) is 3.51. The minimum absolute atomic E-state index is 0.0355. The number of carbonyl (C=O) groups is 1. The highest BCUT2D eigenvalue weighted by Crippen LogP contribution is 2.19. The number of ether oxygens (including phenoxy) is 1. The molecule has 128 valence electrons. The number of likely N-dealkylation sites (tertiary alicyclic amines) is 1. The highest BCUT2D eigenvalue weighted by atomic mass is 35.5. The number of nitrogens with zero attached hydrogens (tertiary/aromatic N) is 7. The number of hydrogen-bond donors (Lipinski definition) is 0. The van der Waals surface area contributed by atoms with Crippen LogP contribution in [0, 0.1) is 0 Å². The second-order valence-corrected chi connectivity index (χ2v) is 6.66. The van der Waals surface area contributed by atoms with E-state index in [9.17, 15) is 4.79 Å². The number of halogens is 1. The molecule has 0 aromatic carbocycles. The standard InChI is InChI=1S/C13H16ClN7O2S/c1-20-13(17-18-19-20)24-8-11(22)21-4-2-3-10(7-21)23-12-15-5-9(14)6-16-12/h5-6,10H,2-4,7-8H2,1H3/t10-/m1/s1.